The highest BCUT2D eigenvalue weighted by Crippen LogP contribution is 2.16. The van der Waals surface area contributed by atoms with Crippen LogP contribution in [0.4, 0.5) is 0 Å². The number of furan rings is 1. The number of hydrogen-bond donors (Lipinski definition) is 1. The van der Waals surface area contributed by atoms with Crippen LogP contribution in [0.25, 0.3) is 0 Å². The van der Waals surface area contributed by atoms with Gasteiger partial charge in [0, 0.05) is 32.6 Å². The lowest BCUT2D eigenvalue weighted by atomic mass is 10.0. The van der Waals surface area contributed by atoms with Gasteiger partial charge in [0.1, 0.15) is 0 Å². The third-order valence-corrected chi connectivity index (χ3v) is 4.58. The Morgan fingerprint density at radius 2 is 2.00 bits per heavy atom. The van der Waals surface area contributed by atoms with E-state index in [1.54, 1.807) is 17.0 Å². The molecule has 1 unspecified atom stereocenters. The van der Waals surface area contributed by atoms with Gasteiger partial charge in [0.25, 0.3) is 5.91 Å². The number of rotatable bonds is 4. The number of nitrogens with zero attached hydrogens (tertiary/aromatic N) is 2. The smallest absolute Gasteiger partial charge is 0.289 e. The topological polar surface area (TPSA) is 65.8 Å². The van der Waals surface area contributed by atoms with Crippen LogP contribution in [-0.4, -0.2) is 60.9 Å². The maximum Gasteiger partial charge on any atom is 0.289 e. The monoisotopic (exact) mass is 305 g/mol. The molecular weight excluding hydrogens is 282 g/mol. The van der Waals surface area contributed by atoms with Crippen molar-refractivity contribution in [3.63, 3.8) is 0 Å². The van der Waals surface area contributed by atoms with Crippen LogP contribution in [0.5, 0.6) is 0 Å². The largest absolute Gasteiger partial charge is 0.459 e. The summed E-state index contributed by atoms with van der Waals surface area (Å²) in [7, 11) is 0. The Hall–Kier alpha value is -1.82. The Morgan fingerprint density at radius 3 is 2.64 bits per heavy atom. The van der Waals surface area contributed by atoms with E-state index in [9.17, 15) is 9.59 Å². The van der Waals surface area contributed by atoms with Crippen molar-refractivity contribution in [2.75, 3.05) is 39.3 Å². The second-order valence-corrected chi connectivity index (χ2v) is 6.05. The molecular formula is C16H23N3O3. The van der Waals surface area contributed by atoms with Gasteiger partial charge in [-0.25, -0.2) is 0 Å². The summed E-state index contributed by atoms with van der Waals surface area (Å²) in [4.78, 5) is 28.0. The second kappa shape index (κ2) is 6.96. The zero-order chi connectivity index (χ0) is 15.4. The van der Waals surface area contributed by atoms with Crippen LogP contribution in [0.15, 0.2) is 22.8 Å². The molecule has 6 nitrogen and oxygen atoms in total. The molecule has 0 spiro atoms. The molecule has 2 aliphatic heterocycles. The molecule has 2 aliphatic rings. The summed E-state index contributed by atoms with van der Waals surface area (Å²) in [5, 5.41) is 3.33. The third-order valence-electron chi connectivity index (χ3n) is 4.58. The SMILES string of the molecule is O=C(CCC1CCNC1)N1CCN(C(=O)c2ccco2)CC1. The lowest BCUT2D eigenvalue weighted by molar-refractivity contribution is -0.133. The maximum absolute atomic E-state index is 12.2. The summed E-state index contributed by atoms with van der Waals surface area (Å²) in [6, 6.07) is 3.39. The van der Waals surface area contributed by atoms with E-state index in [2.05, 4.69) is 5.32 Å². The molecule has 1 aromatic rings. The van der Waals surface area contributed by atoms with Gasteiger partial charge in [-0.05, 0) is 44.0 Å². The van der Waals surface area contributed by atoms with E-state index in [1.807, 2.05) is 4.90 Å². The Balaban J connectivity index is 1.42. The first-order valence-corrected chi connectivity index (χ1v) is 8.05. The minimum absolute atomic E-state index is 0.0888. The predicted molar refractivity (Wildman–Crippen MR) is 81.4 cm³/mol. The number of amides is 2. The number of piperazine rings is 1. The quantitative estimate of drug-likeness (QED) is 0.899. The molecule has 2 saturated heterocycles. The molecule has 6 heteroatoms. The van der Waals surface area contributed by atoms with Gasteiger partial charge in [0.15, 0.2) is 5.76 Å². The molecule has 120 valence electrons. The minimum atomic E-state index is -0.0888. The average Bonchev–Trinajstić information content (AvgIpc) is 3.25. The van der Waals surface area contributed by atoms with Crippen molar-refractivity contribution in [3.8, 4) is 0 Å². The molecule has 22 heavy (non-hydrogen) atoms. The Morgan fingerprint density at radius 1 is 1.23 bits per heavy atom. The molecule has 1 aromatic heterocycles. The summed E-state index contributed by atoms with van der Waals surface area (Å²) in [6.07, 6.45) is 4.28. The minimum Gasteiger partial charge on any atom is -0.459 e. The Kier molecular flexibility index (Phi) is 4.77. The van der Waals surface area contributed by atoms with Crippen molar-refractivity contribution < 1.29 is 14.0 Å². The summed E-state index contributed by atoms with van der Waals surface area (Å²) in [6.45, 7) is 4.51. The van der Waals surface area contributed by atoms with Crippen LogP contribution in [0, 0.1) is 5.92 Å². The number of carbonyl (C=O) groups excluding carboxylic acids is 2. The highest BCUT2D eigenvalue weighted by molar-refractivity contribution is 5.91. The van der Waals surface area contributed by atoms with E-state index >= 15 is 0 Å². The molecule has 3 heterocycles. The molecule has 0 aliphatic carbocycles. The van der Waals surface area contributed by atoms with E-state index in [1.165, 1.54) is 12.7 Å². The Bertz CT molecular complexity index is 501. The van der Waals surface area contributed by atoms with Gasteiger partial charge in [-0.15, -0.1) is 0 Å². The van der Waals surface area contributed by atoms with E-state index in [4.69, 9.17) is 4.42 Å². The van der Waals surface area contributed by atoms with Crippen LogP contribution in [0.3, 0.4) is 0 Å². The second-order valence-electron chi connectivity index (χ2n) is 6.05. The molecule has 0 saturated carbocycles. The van der Waals surface area contributed by atoms with Gasteiger partial charge in [-0.2, -0.15) is 0 Å². The fourth-order valence-electron chi connectivity index (χ4n) is 3.16. The van der Waals surface area contributed by atoms with Gasteiger partial charge in [0.05, 0.1) is 6.26 Å². The highest BCUT2D eigenvalue weighted by Gasteiger charge is 2.26. The molecule has 3 rings (SSSR count). The summed E-state index contributed by atoms with van der Waals surface area (Å²) >= 11 is 0. The van der Waals surface area contributed by atoms with Gasteiger partial charge in [0.2, 0.25) is 5.91 Å². The lowest BCUT2D eigenvalue weighted by Crippen LogP contribution is -2.50. The number of hydrogen-bond acceptors (Lipinski definition) is 4. The molecule has 0 aromatic carbocycles. The Labute approximate surface area is 130 Å². The molecule has 1 atom stereocenters. The van der Waals surface area contributed by atoms with Gasteiger partial charge in [-0.1, -0.05) is 0 Å². The first-order valence-electron chi connectivity index (χ1n) is 8.05. The molecule has 2 fully saturated rings. The van der Waals surface area contributed by atoms with Crippen LogP contribution in [0.2, 0.25) is 0 Å². The lowest BCUT2D eigenvalue weighted by Gasteiger charge is -2.34. The summed E-state index contributed by atoms with van der Waals surface area (Å²) in [5.41, 5.74) is 0. The van der Waals surface area contributed by atoms with Crippen molar-refractivity contribution in [2.45, 2.75) is 19.3 Å². The first kappa shape index (κ1) is 15.1. The standard InChI is InChI=1S/C16H23N3O3/c20-15(4-3-13-5-6-17-12-13)18-7-9-19(10-8-18)16(21)14-2-1-11-22-14/h1-2,11,13,17H,3-10,12H2. The van der Waals surface area contributed by atoms with Crippen LogP contribution in [0.1, 0.15) is 29.8 Å². The van der Waals surface area contributed by atoms with Gasteiger partial charge >= 0.3 is 0 Å². The number of nitrogens with one attached hydrogen (secondary N) is 1. The fraction of sp³-hybridized carbons (Fsp3) is 0.625. The zero-order valence-electron chi connectivity index (χ0n) is 12.8. The maximum atomic E-state index is 12.2. The molecule has 1 N–H and O–H groups in total. The van der Waals surface area contributed by atoms with Gasteiger partial charge < -0.3 is 19.5 Å². The summed E-state index contributed by atoms with van der Waals surface area (Å²) in [5.74, 6) is 1.14. The summed E-state index contributed by atoms with van der Waals surface area (Å²) < 4.78 is 5.14. The van der Waals surface area contributed by atoms with Gasteiger partial charge in [-0.3, -0.25) is 9.59 Å². The average molecular weight is 305 g/mol. The van der Waals surface area contributed by atoms with E-state index in [-0.39, 0.29) is 11.8 Å². The van der Waals surface area contributed by atoms with Crippen molar-refractivity contribution in [1.29, 1.82) is 0 Å². The molecule has 0 radical (unpaired) electrons. The van der Waals surface area contributed by atoms with E-state index in [0.29, 0.717) is 44.3 Å². The molecule has 0 bridgehead atoms. The van der Waals surface area contributed by atoms with Crippen molar-refractivity contribution in [3.05, 3.63) is 24.2 Å². The van der Waals surface area contributed by atoms with E-state index in [0.717, 1.165) is 19.5 Å². The van der Waals surface area contributed by atoms with Crippen LogP contribution < -0.4 is 5.32 Å². The molecule has 2 amide bonds. The highest BCUT2D eigenvalue weighted by atomic mass is 16.3. The van der Waals surface area contributed by atoms with Crippen molar-refractivity contribution >= 4 is 11.8 Å². The van der Waals surface area contributed by atoms with Crippen LogP contribution >= 0.6 is 0 Å². The predicted octanol–water partition coefficient (Wildman–Crippen LogP) is 0.954. The van der Waals surface area contributed by atoms with E-state index < -0.39 is 0 Å². The number of carbonyl (C=O) groups is 2. The third kappa shape index (κ3) is 3.50. The fourth-order valence-corrected chi connectivity index (χ4v) is 3.16. The first-order chi connectivity index (χ1) is 10.7. The van der Waals surface area contributed by atoms with Crippen LogP contribution in [-0.2, 0) is 4.79 Å². The zero-order valence-corrected chi connectivity index (χ0v) is 12.8. The van der Waals surface area contributed by atoms with Crippen molar-refractivity contribution in [2.24, 2.45) is 5.92 Å². The normalized spacial score (nSPS) is 22.1. The van der Waals surface area contributed by atoms with Crippen molar-refractivity contribution in [1.82, 2.24) is 15.1 Å².